The van der Waals surface area contributed by atoms with Crippen LogP contribution < -0.4 is 16.0 Å². The Kier molecular flexibility index (Phi) is 4.41. The van der Waals surface area contributed by atoms with Crippen molar-refractivity contribution >= 4 is 29.2 Å². The number of hydrogen-bond acceptors (Lipinski definition) is 6. The number of ether oxygens (including phenoxy) is 1. The van der Waals surface area contributed by atoms with E-state index in [2.05, 4.69) is 15.4 Å². The Bertz CT molecular complexity index is 577. The second kappa shape index (κ2) is 6.05. The van der Waals surface area contributed by atoms with Gasteiger partial charge in [0.05, 0.1) is 5.02 Å². The van der Waals surface area contributed by atoms with Gasteiger partial charge in [-0.15, -0.1) is 0 Å². The number of hydrogen-bond donors (Lipinski definition) is 2. The van der Waals surface area contributed by atoms with Crippen molar-refractivity contribution in [2.75, 3.05) is 11.7 Å². The molecule has 0 fully saturated rings. The number of thioether (sulfide) groups is 1. The Hall–Kier alpha value is -1.57. The van der Waals surface area contributed by atoms with E-state index in [0.29, 0.717) is 16.7 Å². The van der Waals surface area contributed by atoms with Crippen molar-refractivity contribution < 1.29 is 9.13 Å². The summed E-state index contributed by atoms with van der Waals surface area (Å²) >= 11 is 7.21. The predicted octanol–water partition coefficient (Wildman–Crippen LogP) is 3.07. The van der Waals surface area contributed by atoms with E-state index in [1.807, 2.05) is 6.26 Å². The third kappa shape index (κ3) is 3.46. The van der Waals surface area contributed by atoms with Gasteiger partial charge in [0.2, 0.25) is 5.88 Å². The number of benzene rings is 1. The maximum absolute atomic E-state index is 12.9. The summed E-state index contributed by atoms with van der Waals surface area (Å²) in [5.74, 6) is 5.85. The molecule has 8 heteroatoms. The van der Waals surface area contributed by atoms with Crippen LogP contribution in [0.4, 0.5) is 10.2 Å². The first-order chi connectivity index (χ1) is 9.12. The highest BCUT2D eigenvalue weighted by atomic mass is 35.5. The van der Waals surface area contributed by atoms with Crippen molar-refractivity contribution in [3.8, 4) is 11.6 Å². The molecule has 2 rings (SSSR count). The Morgan fingerprint density at radius 3 is 2.79 bits per heavy atom. The Labute approximate surface area is 118 Å². The first-order valence-corrected chi connectivity index (χ1v) is 6.75. The van der Waals surface area contributed by atoms with Gasteiger partial charge in [-0.25, -0.2) is 15.2 Å². The van der Waals surface area contributed by atoms with Gasteiger partial charge in [-0.05, 0) is 24.5 Å². The lowest BCUT2D eigenvalue weighted by molar-refractivity contribution is 0.455. The SMILES string of the molecule is CSc1nc(NN)cc(Oc2ccc(F)cc2Cl)n1. The average Bonchev–Trinajstić information content (AvgIpc) is 2.41. The molecule has 0 aliphatic carbocycles. The van der Waals surface area contributed by atoms with E-state index in [9.17, 15) is 4.39 Å². The van der Waals surface area contributed by atoms with Crippen LogP contribution in [0.3, 0.4) is 0 Å². The number of aromatic nitrogens is 2. The molecule has 2 aromatic rings. The van der Waals surface area contributed by atoms with E-state index < -0.39 is 5.82 Å². The fourth-order valence-corrected chi connectivity index (χ4v) is 1.87. The third-order valence-electron chi connectivity index (χ3n) is 2.12. The Balaban J connectivity index is 2.31. The number of nitrogens with one attached hydrogen (secondary N) is 1. The monoisotopic (exact) mass is 300 g/mol. The maximum atomic E-state index is 12.9. The maximum Gasteiger partial charge on any atom is 0.225 e. The molecular formula is C11H10ClFN4OS. The summed E-state index contributed by atoms with van der Waals surface area (Å²) in [6.45, 7) is 0. The standard InChI is InChI=1S/C11H10ClFN4OS/c1-19-11-15-9(17-14)5-10(16-11)18-8-3-2-6(13)4-7(8)12/h2-5H,14H2,1H3,(H,15,16,17). The number of halogens is 2. The van der Waals surface area contributed by atoms with Crippen LogP contribution in [0.15, 0.2) is 29.4 Å². The first-order valence-electron chi connectivity index (χ1n) is 5.15. The second-order valence-electron chi connectivity index (χ2n) is 3.40. The summed E-state index contributed by atoms with van der Waals surface area (Å²) in [7, 11) is 0. The molecule has 0 aliphatic heterocycles. The average molecular weight is 301 g/mol. The highest BCUT2D eigenvalue weighted by Crippen LogP contribution is 2.30. The van der Waals surface area contributed by atoms with Gasteiger partial charge in [-0.1, -0.05) is 23.4 Å². The smallest absolute Gasteiger partial charge is 0.225 e. The van der Waals surface area contributed by atoms with Crippen molar-refractivity contribution in [3.05, 3.63) is 35.1 Å². The Morgan fingerprint density at radius 1 is 1.37 bits per heavy atom. The molecule has 0 saturated carbocycles. The summed E-state index contributed by atoms with van der Waals surface area (Å²) in [5.41, 5.74) is 2.41. The van der Waals surface area contributed by atoms with E-state index in [4.69, 9.17) is 22.2 Å². The highest BCUT2D eigenvalue weighted by molar-refractivity contribution is 7.98. The van der Waals surface area contributed by atoms with Gasteiger partial charge in [-0.2, -0.15) is 4.98 Å². The van der Waals surface area contributed by atoms with E-state index in [-0.39, 0.29) is 10.9 Å². The molecule has 0 aliphatic rings. The van der Waals surface area contributed by atoms with Crippen molar-refractivity contribution in [2.24, 2.45) is 5.84 Å². The predicted molar refractivity (Wildman–Crippen MR) is 73.1 cm³/mol. The van der Waals surface area contributed by atoms with Gasteiger partial charge in [0.15, 0.2) is 5.16 Å². The molecule has 0 radical (unpaired) electrons. The van der Waals surface area contributed by atoms with Crippen LogP contribution in [-0.2, 0) is 0 Å². The first kappa shape index (κ1) is 13.9. The topological polar surface area (TPSA) is 73.1 Å². The molecule has 100 valence electrons. The molecule has 3 N–H and O–H groups in total. The van der Waals surface area contributed by atoms with Crippen LogP contribution in [0.25, 0.3) is 0 Å². The third-order valence-corrected chi connectivity index (χ3v) is 2.96. The molecule has 0 spiro atoms. The van der Waals surface area contributed by atoms with Crippen molar-refractivity contribution in [1.29, 1.82) is 0 Å². The summed E-state index contributed by atoms with van der Waals surface area (Å²) in [5, 5.41) is 0.648. The van der Waals surface area contributed by atoms with Crippen LogP contribution in [0, 0.1) is 5.82 Å². The molecule has 0 atom stereocenters. The summed E-state index contributed by atoms with van der Waals surface area (Å²) in [4.78, 5) is 8.23. The number of nitrogens with zero attached hydrogens (tertiary/aromatic N) is 2. The fourth-order valence-electron chi connectivity index (χ4n) is 1.29. The van der Waals surface area contributed by atoms with Gasteiger partial charge in [0.25, 0.3) is 0 Å². The number of rotatable bonds is 4. The van der Waals surface area contributed by atoms with E-state index in [1.165, 1.54) is 30.0 Å². The van der Waals surface area contributed by atoms with Crippen molar-refractivity contribution in [3.63, 3.8) is 0 Å². The molecule has 0 bridgehead atoms. The molecular weight excluding hydrogens is 291 g/mol. The second-order valence-corrected chi connectivity index (χ2v) is 4.58. The van der Waals surface area contributed by atoms with E-state index in [1.54, 1.807) is 0 Å². The van der Waals surface area contributed by atoms with Crippen LogP contribution in [0.2, 0.25) is 5.02 Å². The lowest BCUT2D eigenvalue weighted by atomic mass is 10.3. The lowest BCUT2D eigenvalue weighted by Gasteiger charge is -2.09. The van der Waals surface area contributed by atoms with Crippen LogP contribution >= 0.6 is 23.4 Å². The minimum Gasteiger partial charge on any atom is -0.437 e. The molecule has 0 saturated heterocycles. The number of anilines is 1. The lowest BCUT2D eigenvalue weighted by Crippen LogP contribution is -2.09. The number of nitrogen functional groups attached to an aromatic ring is 1. The molecule has 5 nitrogen and oxygen atoms in total. The van der Waals surface area contributed by atoms with Gasteiger partial charge in [-0.3, -0.25) is 0 Å². The minimum absolute atomic E-state index is 0.159. The van der Waals surface area contributed by atoms with Crippen LogP contribution in [0.1, 0.15) is 0 Å². The van der Waals surface area contributed by atoms with Crippen molar-refractivity contribution in [2.45, 2.75) is 5.16 Å². The molecule has 19 heavy (non-hydrogen) atoms. The molecule has 0 amide bonds. The van der Waals surface area contributed by atoms with E-state index >= 15 is 0 Å². The molecule has 1 aromatic heterocycles. The molecule has 1 heterocycles. The zero-order chi connectivity index (χ0) is 13.8. The zero-order valence-electron chi connectivity index (χ0n) is 9.85. The fraction of sp³-hybridized carbons (Fsp3) is 0.0909. The summed E-state index contributed by atoms with van der Waals surface area (Å²) in [6, 6.07) is 5.35. The van der Waals surface area contributed by atoms with Gasteiger partial charge < -0.3 is 10.2 Å². The Morgan fingerprint density at radius 2 is 2.16 bits per heavy atom. The quantitative estimate of drug-likeness (QED) is 0.391. The summed E-state index contributed by atoms with van der Waals surface area (Å²) < 4.78 is 18.4. The van der Waals surface area contributed by atoms with Gasteiger partial charge in [0.1, 0.15) is 17.4 Å². The summed E-state index contributed by atoms with van der Waals surface area (Å²) in [6.07, 6.45) is 1.82. The molecule has 1 aromatic carbocycles. The minimum atomic E-state index is -0.436. The van der Waals surface area contributed by atoms with Gasteiger partial charge in [0, 0.05) is 6.07 Å². The van der Waals surface area contributed by atoms with Crippen molar-refractivity contribution in [1.82, 2.24) is 9.97 Å². The zero-order valence-corrected chi connectivity index (χ0v) is 11.4. The number of nitrogens with two attached hydrogens (primary N) is 1. The van der Waals surface area contributed by atoms with Crippen LogP contribution in [-0.4, -0.2) is 16.2 Å². The molecule has 0 unspecified atom stereocenters. The van der Waals surface area contributed by atoms with Crippen LogP contribution in [0.5, 0.6) is 11.6 Å². The number of hydrazine groups is 1. The van der Waals surface area contributed by atoms with E-state index in [0.717, 1.165) is 6.07 Å². The highest BCUT2D eigenvalue weighted by Gasteiger charge is 2.08. The normalized spacial score (nSPS) is 10.3. The largest absolute Gasteiger partial charge is 0.437 e. The van der Waals surface area contributed by atoms with Gasteiger partial charge >= 0.3 is 0 Å².